The molecule has 116 valence electrons. The van der Waals surface area contributed by atoms with Gasteiger partial charge in [-0.05, 0) is 43.2 Å². The third-order valence-corrected chi connectivity index (χ3v) is 4.13. The van der Waals surface area contributed by atoms with E-state index in [4.69, 9.17) is 0 Å². The Labute approximate surface area is 137 Å². The highest BCUT2D eigenvalue weighted by atomic mass is 79.9. The van der Waals surface area contributed by atoms with Gasteiger partial charge in [0, 0.05) is 22.8 Å². The first-order valence-electron chi connectivity index (χ1n) is 7.17. The number of anilines is 1. The summed E-state index contributed by atoms with van der Waals surface area (Å²) in [7, 11) is 0. The first-order valence-corrected chi connectivity index (χ1v) is 7.96. The number of hydrogen-bond donors (Lipinski definition) is 1. The fourth-order valence-electron chi connectivity index (χ4n) is 1.96. The van der Waals surface area contributed by atoms with Gasteiger partial charge in [-0.15, -0.1) is 0 Å². The van der Waals surface area contributed by atoms with E-state index in [9.17, 15) is 9.59 Å². The van der Waals surface area contributed by atoms with Crippen LogP contribution in [0.4, 0.5) is 5.69 Å². The monoisotopic (exact) mass is 363 g/mol. The number of carbonyl (C=O) groups is 1. The third kappa shape index (κ3) is 4.04. The summed E-state index contributed by atoms with van der Waals surface area (Å²) in [5.41, 5.74) is 1.76. The molecule has 0 aliphatic rings. The van der Waals surface area contributed by atoms with Gasteiger partial charge in [-0.1, -0.05) is 29.3 Å². The number of nitrogens with one attached hydrogen (secondary N) is 1. The molecule has 2 aromatic rings. The van der Waals surface area contributed by atoms with Crippen LogP contribution in [0.25, 0.3) is 0 Å². The van der Waals surface area contributed by atoms with Crippen molar-refractivity contribution in [2.75, 3.05) is 5.32 Å². The Morgan fingerprint density at radius 2 is 2.09 bits per heavy atom. The zero-order valence-electron chi connectivity index (χ0n) is 12.6. The molecule has 1 heterocycles. The summed E-state index contributed by atoms with van der Waals surface area (Å²) in [6, 6.07) is 8.38. The van der Waals surface area contributed by atoms with E-state index in [0.29, 0.717) is 12.2 Å². The summed E-state index contributed by atoms with van der Waals surface area (Å²) in [6.45, 7) is 4.51. The molecular formula is C16H18BrN3O2. The lowest BCUT2D eigenvalue weighted by Gasteiger charge is -2.08. The molecule has 0 aliphatic carbocycles. The number of benzene rings is 1. The molecular weight excluding hydrogens is 346 g/mol. The van der Waals surface area contributed by atoms with Gasteiger partial charge in [0.25, 0.3) is 11.5 Å². The molecule has 2 rings (SSSR count). The SMILES string of the molecule is CCCCn1nc(C(=O)Nc2ccc(Br)c(C)c2)ccc1=O. The van der Waals surface area contributed by atoms with E-state index >= 15 is 0 Å². The van der Waals surface area contributed by atoms with Crippen molar-refractivity contribution in [1.29, 1.82) is 0 Å². The maximum absolute atomic E-state index is 12.2. The molecule has 0 atom stereocenters. The van der Waals surface area contributed by atoms with Crippen molar-refractivity contribution in [2.24, 2.45) is 0 Å². The average Bonchev–Trinajstić information content (AvgIpc) is 2.50. The Morgan fingerprint density at radius 3 is 2.77 bits per heavy atom. The Morgan fingerprint density at radius 1 is 1.32 bits per heavy atom. The number of rotatable bonds is 5. The highest BCUT2D eigenvalue weighted by Gasteiger charge is 2.10. The number of amides is 1. The lowest BCUT2D eigenvalue weighted by atomic mass is 10.2. The Hall–Kier alpha value is -1.95. The van der Waals surface area contributed by atoms with Crippen LogP contribution in [0.2, 0.25) is 0 Å². The van der Waals surface area contributed by atoms with Gasteiger partial charge in [0.05, 0.1) is 0 Å². The first kappa shape index (κ1) is 16.4. The van der Waals surface area contributed by atoms with E-state index < -0.39 is 0 Å². The molecule has 1 N–H and O–H groups in total. The number of hydrogen-bond acceptors (Lipinski definition) is 3. The predicted octanol–water partition coefficient (Wildman–Crippen LogP) is 3.37. The molecule has 0 unspecified atom stereocenters. The Kier molecular flexibility index (Phi) is 5.49. The molecule has 5 nitrogen and oxygen atoms in total. The van der Waals surface area contributed by atoms with Crippen LogP contribution in [0.1, 0.15) is 35.8 Å². The lowest BCUT2D eigenvalue weighted by molar-refractivity contribution is 0.102. The summed E-state index contributed by atoms with van der Waals surface area (Å²) >= 11 is 3.42. The summed E-state index contributed by atoms with van der Waals surface area (Å²) in [5.74, 6) is -0.327. The van der Waals surface area contributed by atoms with Crippen LogP contribution in [-0.2, 0) is 6.54 Å². The molecule has 0 saturated carbocycles. The molecule has 1 aromatic heterocycles. The summed E-state index contributed by atoms with van der Waals surface area (Å²) in [5, 5.41) is 6.92. The van der Waals surface area contributed by atoms with Crippen LogP contribution in [-0.4, -0.2) is 15.7 Å². The van der Waals surface area contributed by atoms with Crippen LogP contribution < -0.4 is 10.9 Å². The van der Waals surface area contributed by atoms with Gasteiger partial charge in [-0.2, -0.15) is 5.10 Å². The number of halogens is 1. The third-order valence-electron chi connectivity index (χ3n) is 3.24. The van der Waals surface area contributed by atoms with Gasteiger partial charge in [-0.3, -0.25) is 9.59 Å². The fourth-order valence-corrected chi connectivity index (χ4v) is 2.20. The fraction of sp³-hybridized carbons (Fsp3) is 0.312. The van der Waals surface area contributed by atoms with Gasteiger partial charge in [0.1, 0.15) is 5.69 Å². The van der Waals surface area contributed by atoms with Crippen molar-refractivity contribution in [3.8, 4) is 0 Å². The first-order chi connectivity index (χ1) is 10.5. The standard InChI is InChI=1S/C16H18BrN3O2/c1-3-4-9-20-15(21)8-7-14(19-20)16(22)18-12-5-6-13(17)11(2)10-12/h5-8,10H,3-4,9H2,1-2H3,(H,18,22). The second kappa shape index (κ2) is 7.35. The zero-order valence-corrected chi connectivity index (χ0v) is 14.2. The minimum absolute atomic E-state index is 0.190. The van der Waals surface area contributed by atoms with Gasteiger partial charge < -0.3 is 5.32 Å². The normalized spacial score (nSPS) is 10.5. The predicted molar refractivity (Wildman–Crippen MR) is 90.2 cm³/mol. The van der Waals surface area contributed by atoms with Gasteiger partial charge in [0.2, 0.25) is 0 Å². The number of aryl methyl sites for hydroxylation is 2. The highest BCUT2D eigenvalue weighted by molar-refractivity contribution is 9.10. The number of unbranched alkanes of at least 4 members (excludes halogenated alkanes) is 1. The van der Waals surface area contributed by atoms with E-state index in [2.05, 4.69) is 26.3 Å². The van der Waals surface area contributed by atoms with E-state index in [1.54, 1.807) is 0 Å². The van der Waals surface area contributed by atoms with E-state index in [1.165, 1.54) is 16.8 Å². The molecule has 1 aromatic carbocycles. The average molecular weight is 364 g/mol. The van der Waals surface area contributed by atoms with Gasteiger partial charge in [0.15, 0.2) is 0 Å². The van der Waals surface area contributed by atoms with Crippen LogP contribution in [0, 0.1) is 6.92 Å². The molecule has 0 fully saturated rings. The lowest BCUT2D eigenvalue weighted by Crippen LogP contribution is -2.26. The minimum atomic E-state index is -0.327. The molecule has 22 heavy (non-hydrogen) atoms. The highest BCUT2D eigenvalue weighted by Crippen LogP contribution is 2.20. The number of nitrogens with zero attached hydrogens (tertiary/aromatic N) is 2. The second-order valence-electron chi connectivity index (χ2n) is 5.05. The molecule has 0 bridgehead atoms. The van der Waals surface area contributed by atoms with Gasteiger partial charge in [-0.25, -0.2) is 4.68 Å². The summed E-state index contributed by atoms with van der Waals surface area (Å²) < 4.78 is 2.32. The van der Waals surface area contributed by atoms with Crippen LogP contribution in [0.5, 0.6) is 0 Å². The van der Waals surface area contributed by atoms with Crippen molar-refractivity contribution in [1.82, 2.24) is 9.78 Å². The summed E-state index contributed by atoms with van der Waals surface area (Å²) in [6.07, 6.45) is 1.81. The maximum Gasteiger partial charge on any atom is 0.276 e. The zero-order chi connectivity index (χ0) is 16.1. The number of carbonyl (C=O) groups excluding carboxylic acids is 1. The molecule has 0 aliphatic heterocycles. The summed E-state index contributed by atoms with van der Waals surface area (Å²) in [4.78, 5) is 24.0. The van der Waals surface area contributed by atoms with Crippen LogP contribution in [0.3, 0.4) is 0 Å². The topological polar surface area (TPSA) is 64.0 Å². The molecule has 0 spiro atoms. The Balaban J connectivity index is 2.18. The molecule has 0 radical (unpaired) electrons. The van der Waals surface area contributed by atoms with E-state index in [1.807, 2.05) is 32.0 Å². The maximum atomic E-state index is 12.2. The van der Waals surface area contributed by atoms with Crippen molar-refractivity contribution in [3.05, 3.63) is 56.4 Å². The largest absolute Gasteiger partial charge is 0.321 e. The molecule has 0 saturated heterocycles. The van der Waals surface area contributed by atoms with E-state index in [-0.39, 0.29) is 17.2 Å². The minimum Gasteiger partial charge on any atom is -0.321 e. The van der Waals surface area contributed by atoms with Crippen molar-refractivity contribution < 1.29 is 4.79 Å². The van der Waals surface area contributed by atoms with Crippen LogP contribution >= 0.6 is 15.9 Å². The smallest absolute Gasteiger partial charge is 0.276 e. The second-order valence-corrected chi connectivity index (χ2v) is 5.91. The Bertz CT molecular complexity index is 740. The molecule has 6 heteroatoms. The molecule has 1 amide bonds. The van der Waals surface area contributed by atoms with Crippen LogP contribution in [0.15, 0.2) is 39.6 Å². The number of aromatic nitrogens is 2. The van der Waals surface area contributed by atoms with Crippen molar-refractivity contribution in [3.63, 3.8) is 0 Å². The van der Waals surface area contributed by atoms with E-state index in [0.717, 1.165) is 22.9 Å². The van der Waals surface area contributed by atoms with Crippen molar-refractivity contribution >= 4 is 27.5 Å². The van der Waals surface area contributed by atoms with Crippen molar-refractivity contribution in [2.45, 2.75) is 33.2 Å². The quantitative estimate of drug-likeness (QED) is 0.885. The van der Waals surface area contributed by atoms with Gasteiger partial charge >= 0.3 is 0 Å².